The van der Waals surface area contributed by atoms with Crippen molar-refractivity contribution >= 4 is 31.9 Å². The molecule has 0 aromatic heterocycles. The molecule has 0 saturated heterocycles. The molecule has 1 aliphatic heterocycles. The van der Waals surface area contributed by atoms with Crippen LogP contribution in [0, 0.1) is 0 Å². The van der Waals surface area contributed by atoms with E-state index in [-0.39, 0.29) is 10.9 Å². The number of aliphatic imine (C=N–C) groups is 1. The molecule has 0 fully saturated rings. The quantitative estimate of drug-likeness (QED) is 0.783. The summed E-state index contributed by atoms with van der Waals surface area (Å²) in [5, 5.41) is 2.94. The minimum absolute atomic E-state index is 0.192. The Hall–Kier alpha value is -1.16. The average molecular weight is 377 g/mol. The molecule has 0 spiro atoms. The Balaban J connectivity index is 1.98. The Kier molecular flexibility index (Phi) is 5.57. The van der Waals surface area contributed by atoms with Gasteiger partial charge in [0.15, 0.2) is 0 Å². The molecule has 0 amide bonds. The Morgan fingerprint density at radius 2 is 2.14 bits per heavy atom. The molecule has 21 heavy (non-hydrogen) atoms. The first-order valence-electron chi connectivity index (χ1n) is 6.29. The van der Waals surface area contributed by atoms with Gasteiger partial charge in [-0.3, -0.25) is 4.90 Å². The summed E-state index contributed by atoms with van der Waals surface area (Å²) in [5.41, 5.74) is 0. The van der Waals surface area contributed by atoms with E-state index in [2.05, 4.69) is 31.0 Å². The molecule has 7 nitrogen and oxygen atoms in total. The zero-order valence-corrected chi connectivity index (χ0v) is 13.9. The first-order chi connectivity index (χ1) is 10.0. The number of nitrogens with one attached hydrogen (secondary N) is 2. The fourth-order valence-corrected chi connectivity index (χ4v) is 2.97. The van der Waals surface area contributed by atoms with E-state index in [1.165, 1.54) is 12.1 Å². The number of guanidine groups is 1. The third kappa shape index (κ3) is 4.67. The van der Waals surface area contributed by atoms with Crippen LogP contribution >= 0.6 is 15.9 Å². The molecule has 1 aliphatic rings. The zero-order valence-electron chi connectivity index (χ0n) is 11.5. The normalized spacial score (nSPS) is 16.2. The number of sulfonamides is 1. The summed E-state index contributed by atoms with van der Waals surface area (Å²) < 4.78 is 32.6. The molecular formula is C12H17BrN4O3S. The molecule has 0 unspecified atom stereocenters. The van der Waals surface area contributed by atoms with Crippen LogP contribution in [0.15, 0.2) is 38.6 Å². The molecule has 1 aromatic rings. The lowest BCUT2D eigenvalue weighted by atomic mass is 10.4. The number of methoxy groups -OCH3 is 1. The summed E-state index contributed by atoms with van der Waals surface area (Å²) in [6.45, 7) is 2.29. The summed E-state index contributed by atoms with van der Waals surface area (Å²) in [6, 6.07) is 6.41. The monoisotopic (exact) mass is 376 g/mol. The SMILES string of the molecule is COCCN1CN=C(NS(=O)(=O)c2ccc(Br)cc2)NC1. The Morgan fingerprint density at radius 3 is 2.71 bits per heavy atom. The highest BCUT2D eigenvalue weighted by Crippen LogP contribution is 2.14. The van der Waals surface area contributed by atoms with Crippen molar-refractivity contribution in [2.24, 2.45) is 4.99 Å². The van der Waals surface area contributed by atoms with Gasteiger partial charge < -0.3 is 10.1 Å². The highest BCUT2D eigenvalue weighted by Gasteiger charge is 2.19. The maximum absolute atomic E-state index is 12.2. The summed E-state index contributed by atoms with van der Waals surface area (Å²) in [5.74, 6) is 0.256. The van der Waals surface area contributed by atoms with Crippen molar-refractivity contribution in [2.45, 2.75) is 4.90 Å². The van der Waals surface area contributed by atoms with E-state index in [9.17, 15) is 8.42 Å². The molecule has 0 bridgehead atoms. The first-order valence-corrected chi connectivity index (χ1v) is 8.57. The molecule has 2 N–H and O–H groups in total. The maximum atomic E-state index is 12.2. The molecule has 9 heteroatoms. The summed E-state index contributed by atoms with van der Waals surface area (Å²) in [4.78, 5) is 6.36. The fraction of sp³-hybridized carbons (Fsp3) is 0.417. The number of hydrogen-bond acceptors (Lipinski definition) is 6. The van der Waals surface area contributed by atoms with Gasteiger partial charge in [-0.25, -0.2) is 18.1 Å². The van der Waals surface area contributed by atoms with Gasteiger partial charge in [-0.2, -0.15) is 0 Å². The van der Waals surface area contributed by atoms with Crippen LogP contribution in [0.2, 0.25) is 0 Å². The number of hydrogen-bond donors (Lipinski definition) is 2. The van der Waals surface area contributed by atoms with Crippen molar-refractivity contribution in [3.63, 3.8) is 0 Å². The van der Waals surface area contributed by atoms with Crippen molar-refractivity contribution in [2.75, 3.05) is 33.6 Å². The lowest BCUT2D eigenvalue weighted by Crippen LogP contribution is -2.50. The topological polar surface area (TPSA) is 83.0 Å². The van der Waals surface area contributed by atoms with Crippen LogP contribution in [0.4, 0.5) is 0 Å². The number of nitrogens with zero attached hydrogens (tertiary/aromatic N) is 2. The predicted octanol–water partition coefficient (Wildman–Crippen LogP) is 0.550. The standard InChI is InChI=1S/C12H17BrN4O3S/c1-20-7-6-17-8-14-12(15-9-17)16-21(18,19)11-4-2-10(13)3-5-11/h2-5H,6-9H2,1H3,(H2,14,15,16). The Bertz CT molecular complexity index is 603. The molecule has 116 valence electrons. The van der Waals surface area contributed by atoms with E-state index in [0.717, 1.165) is 11.0 Å². The zero-order chi connectivity index (χ0) is 15.3. The third-order valence-corrected chi connectivity index (χ3v) is 4.75. The molecule has 0 atom stereocenters. The largest absolute Gasteiger partial charge is 0.383 e. The van der Waals surface area contributed by atoms with Crippen LogP contribution in [-0.4, -0.2) is 52.9 Å². The van der Waals surface area contributed by atoms with Gasteiger partial charge >= 0.3 is 0 Å². The predicted molar refractivity (Wildman–Crippen MR) is 83.4 cm³/mol. The lowest BCUT2D eigenvalue weighted by molar-refractivity contribution is 0.144. The lowest BCUT2D eigenvalue weighted by Gasteiger charge is -2.26. The van der Waals surface area contributed by atoms with Crippen LogP contribution in [0.25, 0.3) is 0 Å². The van der Waals surface area contributed by atoms with Crippen molar-refractivity contribution < 1.29 is 13.2 Å². The third-order valence-electron chi connectivity index (χ3n) is 2.87. The van der Waals surface area contributed by atoms with Crippen LogP contribution in [0.5, 0.6) is 0 Å². The first kappa shape index (κ1) is 16.2. The van der Waals surface area contributed by atoms with Gasteiger partial charge in [-0.05, 0) is 24.3 Å². The van der Waals surface area contributed by atoms with Gasteiger partial charge in [0.25, 0.3) is 10.0 Å². The van der Waals surface area contributed by atoms with Crippen molar-refractivity contribution in [3.05, 3.63) is 28.7 Å². The van der Waals surface area contributed by atoms with Crippen molar-refractivity contribution in [1.29, 1.82) is 0 Å². The minimum Gasteiger partial charge on any atom is -0.383 e. The van der Waals surface area contributed by atoms with E-state index in [1.807, 2.05) is 4.90 Å². The van der Waals surface area contributed by atoms with Gasteiger partial charge in [0.05, 0.1) is 24.8 Å². The minimum atomic E-state index is -3.62. The number of rotatable bonds is 5. The van der Waals surface area contributed by atoms with Gasteiger partial charge in [-0.1, -0.05) is 15.9 Å². The fourth-order valence-electron chi connectivity index (χ4n) is 1.70. The summed E-state index contributed by atoms with van der Waals surface area (Å²) in [7, 11) is -1.98. The second-order valence-electron chi connectivity index (χ2n) is 4.43. The Morgan fingerprint density at radius 1 is 1.43 bits per heavy atom. The second kappa shape index (κ2) is 7.21. The summed E-state index contributed by atoms with van der Waals surface area (Å²) in [6.07, 6.45) is 0. The molecular weight excluding hydrogens is 360 g/mol. The molecule has 1 aromatic carbocycles. The average Bonchev–Trinajstić information content (AvgIpc) is 2.47. The van der Waals surface area contributed by atoms with Crippen LogP contribution in [0.1, 0.15) is 0 Å². The van der Waals surface area contributed by atoms with E-state index in [1.54, 1.807) is 19.2 Å². The molecule has 0 radical (unpaired) electrons. The number of halogens is 1. The number of ether oxygens (including phenoxy) is 1. The summed E-state index contributed by atoms with van der Waals surface area (Å²) >= 11 is 3.27. The van der Waals surface area contributed by atoms with Crippen LogP contribution in [0.3, 0.4) is 0 Å². The molecule has 1 heterocycles. The van der Waals surface area contributed by atoms with Crippen LogP contribution < -0.4 is 10.0 Å². The smallest absolute Gasteiger partial charge is 0.264 e. The van der Waals surface area contributed by atoms with Gasteiger partial charge in [0, 0.05) is 18.1 Å². The van der Waals surface area contributed by atoms with E-state index < -0.39 is 10.0 Å². The van der Waals surface area contributed by atoms with E-state index in [4.69, 9.17) is 4.74 Å². The second-order valence-corrected chi connectivity index (χ2v) is 7.03. The highest BCUT2D eigenvalue weighted by molar-refractivity contribution is 9.10. The van der Waals surface area contributed by atoms with Crippen molar-refractivity contribution in [1.82, 2.24) is 14.9 Å². The van der Waals surface area contributed by atoms with Crippen LogP contribution in [-0.2, 0) is 14.8 Å². The molecule has 0 saturated carbocycles. The van der Waals surface area contributed by atoms with E-state index in [0.29, 0.717) is 19.9 Å². The van der Waals surface area contributed by atoms with Crippen molar-refractivity contribution in [3.8, 4) is 0 Å². The number of benzene rings is 1. The highest BCUT2D eigenvalue weighted by atomic mass is 79.9. The maximum Gasteiger partial charge on any atom is 0.264 e. The van der Waals surface area contributed by atoms with Gasteiger partial charge in [0.2, 0.25) is 5.96 Å². The molecule has 0 aliphatic carbocycles. The van der Waals surface area contributed by atoms with Gasteiger partial charge in [0.1, 0.15) is 0 Å². The Labute approximate surface area is 132 Å². The van der Waals surface area contributed by atoms with E-state index >= 15 is 0 Å². The van der Waals surface area contributed by atoms with Gasteiger partial charge in [-0.15, -0.1) is 0 Å². The molecule has 2 rings (SSSR count).